The predicted molar refractivity (Wildman–Crippen MR) is 152 cm³/mol. The van der Waals surface area contributed by atoms with Gasteiger partial charge in [0.15, 0.2) is 0 Å². The number of aromatic nitrogens is 2. The second-order valence-corrected chi connectivity index (χ2v) is 9.66. The van der Waals surface area contributed by atoms with E-state index in [4.69, 9.17) is 5.73 Å². The molecule has 2 amide bonds. The molecule has 8 heteroatoms. The lowest BCUT2D eigenvalue weighted by atomic mass is 10.0. The Bertz CT molecular complexity index is 1590. The van der Waals surface area contributed by atoms with Crippen molar-refractivity contribution >= 4 is 39.9 Å². The van der Waals surface area contributed by atoms with Gasteiger partial charge in [-0.15, -0.1) is 0 Å². The zero-order valence-electron chi connectivity index (χ0n) is 21.3. The van der Waals surface area contributed by atoms with Gasteiger partial charge in [-0.25, -0.2) is 0 Å². The summed E-state index contributed by atoms with van der Waals surface area (Å²) in [6, 6.07) is 22.2. The molecule has 0 aliphatic rings. The van der Waals surface area contributed by atoms with Gasteiger partial charge >= 0.3 is 0 Å². The Hall–Kier alpha value is -4.69. The van der Waals surface area contributed by atoms with Crippen LogP contribution in [0.4, 0.5) is 0 Å². The number of rotatable bonds is 11. The van der Waals surface area contributed by atoms with Crippen molar-refractivity contribution in [2.75, 3.05) is 0 Å². The molecule has 1 radical (unpaired) electrons. The third-order valence-electron chi connectivity index (χ3n) is 6.92. The van der Waals surface area contributed by atoms with Gasteiger partial charge in [0.1, 0.15) is 6.04 Å². The molecular weight excluding hydrogens is 490 g/mol. The van der Waals surface area contributed by atoms with Crippen LogP contribution in [-0.4, -0.2) is 46.2 Å². The van der Waals surface area contributed by atoms with Crippen LogP contribution in [-0.2, 0) is 33.6 Å². The molecule has 5 rings (SSSR count). The van der Waals surface area contributed by atoms with Crippen LogP contribution in [0, 0.1) is 0 Å². The Morgan fingerprint density at radius 3 is 1.90 bits per heavy atom. The van der Waals surface area contributed by atoms with E-state index in [1.54, 1.807) is 0 Å². The number of carbonyl (C=O) groups excluding carboxylic acids is 3. The molecule has 0 saturated heterocycles. The third kappa shape index (κ3) is 6.08. The summed E-state index contributed by atoms with van der Waals surface area (Å²) in [6.45, 7) is 0. The van der Waals surface area contributed by atoms with Crippen molar-refractivity contribution in [3.63, 3.8) is 0 Å². The number of aromatic amines is 2. The molecule has 197 valence electrons. The third-order valence-corrected chi connectivity index (χ3v) is 6.92. The molecule has 0 unspecified atom stereocenters. The molecule has 0 fully saturated rings. The van der Waals surface area contributed by atoms with Gasteiger partial charge in [0, 0.05) is 47.0 Å². The van der Waals surface area contributed by atoms with Gasteiger partial charge in [0.25, 0.3) is 0 Å². The van der Waals surface area contributed by atoms with Gasteiger partial charge in [-0.1, -0.05) is 66.7 Å². The maximum atomic E-state index is 13.5. The van der Waals surface area contributed by atoms with Gasteiger partial charge in [-0.05, 0) is 35.2 Å². The van der Waals surface area contributed by atoms with Crippen molar-refractivity contribution in [1.82, 2.24) is 20.6 Å². The number of amides is 2. The van der Waals surface area contributed by atoms with Crippen LogP contribution in [0.1, 0.15) is 16.7 Å². The Morgan fingerprint density at radius 1 is 0.718 bits per heavy atom. The molecule has 8 nitrogen and oxygen atoms in total. The molecule has 0 aliphatic heterocycles. The highest BCUT2D eigenvalue weighted by molar-refractivity contribution is 5.93. The van der Waals surface area contributed by atoms with Crippen LogP contribution in [0.2, 0.25) is 0 Å². The fourth-order valence-corrected chi connectivity index (χ4v) is 4.88. The van der Waals surface area contributed by atoms with Gasteiger partial charge in [0.05, 0.1) is 12.1 Å². The lowest BCUT2D eigenvalue weighted by Gasteiger charge is -2.22. The normalized spacial score (nSPS) is 13.6. The molecule has 2 heterocycles. The number of hydrogen-bond donors (Lipinski definition) is 5. The van der Waals surface area contributed by atoms with Crippen LogP contribution < -0.4 is 16.4 Å². The molecular formula is C31H30N5O3. The van der Waals surface area contributed by atoms with Gasteiger partial charge in [0.2, 0.25) is 18.1 Å². The minimum atomic E-state index is -0.947. The summed E-state index contributed by atoms with van der Waals surface area (Å²) in [5, 5.41) is 7.55. The van der Waals surface area contributed by atoms with E-state index in [1.807, 2.05) is 97.5 Å². The van der Waals surface area contributed by atoms with E-state index >= 15 is 0 Å². The SMILES string of the molecule is N[C@H](Cc1c[nH]c2ccccc12)C(=O)N[C@H](Cc1c[nH]c2ccccc12)C(=O)N[C@@H]([C]=O)Cc1ccccc1. The maximum Gasteiger partial charge on any atom is 0.243 e. The van der Waals surface area contributed by atoms with E-state index in [2.05, 4.69) is 20.6 Å². The smallest absolute Gasteiger partial charge is 0.243 e. The topological polar surface area (TPSA) is 133 Å². The molecule has 0 saturated carbocycles. The zero-order valence-corrected chi connectivity index (χ0v) is 21.3. The average molecular weight is 521 g/mol. The molecule has 6 N–H and O–H groups in total. The first-order valence-corrected chi connectivity index (χ1v) is 12.9. The predicted octanol–water partition coefficient (Wildman–Crippen LogP) is 3.08. The summed E-state index contributed by atoms with van der Waals surface area (Å²) in [5.74, 6) is -0.924. The second-order valence-electron chi connectivity index (χ2n) is 9.66. The lowest BCUT2D eigenvalue weighted by Crippen LogP contribution is -2.55. The van der Waals surface area contributed by atoms with Crippen LogP contribution in [0.5, 0.6) is 0 Å². The van der Waals surface area contributed by atoms with Crippen molar-refractivity contribution in [3.8, 4) is 0 Å². The van der Waals surface area contributed by atoms with Crippen molar-refractivity contribution in [3.05, 3.63) is 108 Å². The summed E-state index contributed by atoms with van der Waals surface area (Å²) in [7, 11) is 0. The fraction of sp³-hybridized carbons (Fsp3) is 0.194. The Balaban J connectivity index is 1.33. The highest BCUT2D eigenvalue weighted by Gasteiger charge is 2.27. The van der Waals surface area contributed by atoms with E-state index in [1.165, 1.54) is 0 Å². The highest BCUT2D eigenvalue weighted by atomic mass is 16.2. The number of H-pyrrole nitrogens is 2. The maximum absolute atomic E-state index is 13.5. The van der Waals surface area contributed by atoms with E-state index in [-0.39, 0.29) is 6.42 Å². The fourth-order valence-electron chi connectivity index (χ4n) is 4.88. The van der Waals surface area contributed by atoms with Crippen LogP contribution >= 0.6 is 0 Å². The monoisotopic (exact) mass is 520 g/mol. The van der Waals surface area contributed by atoms with Crippen molar-refractivity contribution in [1.29, 1.82) is 0 Å². The first kappa shape index (κ1) is 25.9. The highest BCUT2D eigenvalue weighted by Crippen LogP contribution is 2.21. The summed E-state index contributed by atoms with van der Waals surface area (Å²) in [6.07, 6.45) is 6.42. The Kier molecular flexibility index (Phi) is 7.84. The Labute approximate surface area is 226 Å². The molecule has 39 heavy (non-hydrogen) atoms. The van der Waals surface area contributed by atoms with Gasteiger partial charge < -0.3 is 26.3 Å². The first-order chi connectivity index (χ1) is 19.0. The van der Waals surface area contributed by atoms with Gasteiger partial charge in [-0.3, -0.25) is 14.4 Å². The second kappa shape index (κ2) is 11.8. The van der Waals surface area contributed by atoms with Gasteiger partial charge in [-0.2, -0.15) is 0 Å². The quantitative estimate of drug-likeness (QED) is 0.183. The standard InChI is InChI=1S/C31H30N5O3/c32-26(15-21-17-33-27-12-6-4-10-24(21)27)30(38)36-29(16-22-18-34-28-13-7-5-11-25(22)28)31(39)35-23(19-37)14-20-8-2-1-3-9-20/h1-13,17-18,23,26,29,33-34H,14-16,32H2,(H,35,39)(H,36,38)/t23-,26-,29-/m1/s1. The van der Waals surface area contributed by atoms with E-state index < -0.39 is 29.9 Å². The molecule has 3 atom stereocenters. The van der Waals surface area contributed by atoms with Crippen molar-refractivity contribution < 1.29 is 14.4 Å². The molecule has 3 aromatic carbocycles. The summed E-state index contributed by atoms with van der Waals surface area (Å²) < 4.78 is 0. The summed E-state index contributed by atoms with van der Waals surface area (Å²) in [4.78, 5) is 44.8. The average Bonchev–Trinajstić information content (AvgIpc) is 3.57. The number of nitrogens with two attached hydrogens (primary N) is 1. The minimum Gasteiger partial charge on any atom is -0.361 e. The molecule has 5 aromatic rings. The number of fused-ring (bicyclic) bond motifs is 2. The van der Waals surface area contributed by atoms with Crippen molar-refractivity contribution in [2.24, 2.45) is 5.73 Å². The number of hydrogen-bond acceptors (Lipinski definition) is 4. The summed E-state index contributed by atoms with van der Waals surface area (Å²) >= 11 is 0. The van der Waals surface area contributed by atoms with E-state index in [0.29, 0.717) is 12.8 Å². The molecule has 0 bridgehead atoms. The lowest BCUT2D eigenvalue weighted by molar-refractivity contribution is -0.129. The molecule has 0 spiro atoms. The van der Waals surface area contributed by atoms with Crippen molar-refractivity contribution in [2.45, 2.75) is 37.4 Å². The van der Waals surface area contributed by atoms with E-state index in [9.17, 15) is 14.4 Å². The number of para-hydroxylation sites is 2. The van der Waals surface area contributed by atoms with E-state index in [0.717, 1.165) is 38.5 Å². The largest absolute Gasteiger partial charge is 0.361 e. The summed E-state index contributed by atoms with van der Waals surface area (Å²) in [5.41, 5.74) is 10.9. The number of benzene rings is 3. The zero-order chi connectivity index (χ0) is 27.2. The first-order valence-electron chi connectivity index (χ1n) is 12.9. The van der Waals surface area contributed by atoms with Crippen LogP contribution in [0.15, 0.2) is 91.3 Å². The Morgan fingerprint density at radius 2 is 1.28 bits per heavy atom. The number of nitrogens with one attached hydrogen (secondary N) is 4. The minimum absolute atomic E-state index is 0.221. The van der Waals surface area contributed by atoms with Crippen LogP contribution in [0.25, 0.3) is 21.8 Å². The molecule has 0 aliphatic carbocycles. The molecule has 2 aromatic heterocycles. The number of carbonyl (C=O) groups is 2. The van der Waals surface area contributed by atoms with Crippen LogP contribution in [0.3, 0.4) is 0 Å².